The molecule has 6 heteroatoms. The maximum atomic E-state index is 11.9. The van der Waals surface area contributed by atoms with Crippen molar-refractivity contribution < 1.29 is 9.32 Å². The van der Waals surface area contributed by atoms with Crippen LogP contribution in [0, 0.1) is 0 Å². The number of carbonyl (C=O) groups is 1. The molecular formula is C16H14N4O2. The second kappa shape index (κ2) is 5.14. The van der Waals surface area contributed by atoms with Gasteiger partial charge in [0, 0.05) is 24.7 Å². The summed E-state index contributed by atoms with van der Waals surface area (Å²) in [5.74, 6) is 1.03. The van der Waals surface area contributed by atoms with Gasteiger partial charge in [-0.2, -0.15) is 0 Å². The maximum Gasteiger partial charge on any atom is 0.294 e. The number of benzene rings is 1. The topological polar surface area (TPSA) is 73.0 Å². The molecule has 22 heavy (non-hydrogen) atoms. The van der Waals surface area contributed by atoms with E-state index in [1.165, 1.54) is 12.3 Å². The standard InChI is InChI=1S/C16H14N4O2/c21-16(14-7-8-18-22-14)19-12-5-3-11(4-6-12)13-10-17-15-2-1-9-20(13)15/h3-8,10H,1-2,9H2,(H,19,21). The van der Waals surface area contributed by atoms with Gasteiger partial charge in [0.15, 0.2) is 0 Å². The molecule has 110 valence electrons. The van der Waals surface area contributed by atoms with Crippen molar-refractivity contribution in [3.05, 3.63) is 54.3 Å². The Bertz CT molecular complexity index is 803. The lowest BCUT2D eigenvalue weighted by Gasteiger charge is -2.07. The van der Waals surface area contributed by atoms with Gasteiger partial charge in [0.25, 0.3) is 5.91 Å². The number of nitrogens with zero attached hydrogens (tertiary/aromatic N) is 3. The van der Waals surface area contributed by atoms with Gasteiger partial charge in [-0.05, 0) is 24.1 Å². The van der Waals surface area contributed by atoms with Crippen LogP contribution in [0.5, 0.6) is 0 Å². The zero-order valence-electron chi connectivity index (χ0n) is 11.8. The van der Waals surface area contributed by atoms with Crippen LogP contribution in [0.3, 0.4) is 0 Å². The highest BCUT2D eigenvalue weighted by Gasteiger charge is 2.16. The highest BCUT2D eigenvalue weighted by atomic mass is 16.5. The average molecular weight is 294 g/mol. The smallest absolute Gasteiger partial charge is 0.294 e. The van der Waals surface area contributed by atoms with Crippen LogP contribution < -0.4 is 5.32 Å². The lowest BCUT2D eigenvalue weighted by atomic mass is 10.1. The van der Waals surface area contributed by atoms with Crippen LogP contribution in [-0.2, 0) is 13.0 Å². The lowest BCUT2D eigenvalue weighted by Crippen LogP contribution is -2.10. The largest absolute Gasteiger partial charge is 0.351 e. The van der Waals surface area contributed by atoms with Crippen LogP contribution >= 0.6 is 0 Å². The van der Waals surface area contributed by atoms with Gasteiger partial charge >= 0.3 is 0 Å². The Hall–Kier alpha value is -2.89. The second-order valence-corrected chi connectivity index (χ2v) is 5.22. The van der Waals surface area contributed by atoms with Crippen molar-refractivity contribution >= 4 is 11.6 Å². The number of aryl methyl sites for hydroxylation is 1. The molecule has 4 rings (SSSR count). The Labute approximate surface area is 126 Å². The molecule has 0 unspecified atom stereocenters. The predicted octanol–water partition coefficient (Wildman–Crippen LogP) is 2.74. The van der Waals surface area contributed by atoms with Crippen molar-refractivity contribution in [1.82, 2.24) is 14.7 Å². The van der Waals surface area contributed by atoms with Gasteiger partial charge < -0.3 is 14.4 Å². The molecule has 3 aromatic rings. The van der Waals surface area contributed by atoms with E-state index in [1.54, 1.807) is 0 Å². The van der Waals surface area contributed by atoms with Crippen molar-refractivity contribution in [2.45, 2.75) is 19.4 Å². The summed E-state index contributed by atoms with van der Waals surface area (Å²) in [7, 11) is 0. The number of rotatable bonds is 3. The Balaban J connectivity index is 1.54. The third-order valence-electron chi connectivity index (χ3n) is 3.82. The van der Waals surface area contributed by atoms with Crippen molar-refractivity contribution in [1.29, 1.82) is 0 Å². The number of imidazole rings is 1. The molecule has 1 aliphatic heterocycles. The first-order valence-corrected chi connectivity index (χ1v) is 7.18. The summed E-state index contributed by atoms with van der Waals surface area (Å²) in [5.41, 5.74) is 2.94. The van der Waals surface area contributed by atoms with Gasteiger partial charge in [-0.1, -0.05) is 17.3 Å². The zero-order valence-corrected chi connectivity index (χ0v) is 11.8. The highest BCUT2D eigenvalue weighted by Crippen LogP contribution is 2.26. The SMILES string of the molecule is O=C(Nc1ccc(-c2cnc3n2CCC3)cc1)c1ccno1. The molecule has 0 saturated carbocycles. The van der Waals surface area contributed by atoms with E-state index in [4.69, 9.17) is 4.52 Å². The highest BCUT2D eigenvalue weighted by molar-refractivity contribution is 6.02. The summed E-state index contributed by atoms with van der Waals surface area (Å²) in [6.45, 7) is 1.02. The second-order valence-electron chi connectivity index (χ2n) is 5.22. The van der Waals surface area contributed by atoms with E-state index in [9.17, 15) is 4.79 Å². The normalized spacial score (nSPS) is 13.1. The van der Waals surface area contributed by atoms with Crippen LogP contribution in [0.2, 0.25) is 0 Å². The fraction of sp³-hybridized carbons (Fsp3) is 0.188. The fourth-order valence-corrected chi connectivity index (χ4v) is 2.74. The van der Waals surface area contributed by atoms with Crippen LogP contribution in [0.25, 0.3) is 11.3 Å². The lowest BCUT2D eigenvalue weighted by molar-refractivity contribution is 0.0988. The molecule has 0 fully saturated rings. The Morgan fingerprint density at radius 2 is 2.09 bits per heavy atom. The molecule has 0 aliphatic carbocycles. The number of hydrogen-bond donors (Lipinski definition) is 1. The number of carbonyl (C=O) groups excluding carboxylic acids is 1. The minimum atomic E-state index is -0.310. The molecule has 0 saturated heterocycles. The van der Waals surface area contributed by atoms with E-state index in [0.29, 0.717) is 5.69 Å². The minimum absolute atomic E-state index is 0.192. The van der Waals surface area contributed by atoms with Crippen molar-refractivity contribution in [2.24, 2.45) is 0 Å². The van der Waals surface area contributed by atoms with E-state index >= 15 is 0 Å². The van der Waals surface area contributed by atoms with Crippen molar-refractivity contribution in [2.75, 3.05) is 5.32 Å². The molecule has 1 N–H and O–H groups in total. The van der Waals surface area contributed by atoms with Crippen LogP contribution in [-0.4, -0.2) is 20.6 Å². The number of hydrogen-bond acceptors (Lipinski definition) is 4. The van der Waals surface area contributed by atoms with Crippen LogP contribution in [0.15, 0.2) is 47.2 Å². The molecule has 3 heterocycles. The van der Waals surface area contributed by atoms with E-state index in [-0.39, 0.29) is 11.7 Å². The summed E-state index contributed by atoms with van der Waals surface area (Å²) in [4.78, 5) is 16.3. The first-order chi connectivity index (χ1) is 10.8. The molecule has 1 amide bonds. The summed E-state index contributed by atoms with van der Waals surface area (Å²) in [6.07, 6.45) is 5.56. The number of amides is 1. The van der Waals surface area contributed by atoms with Crippen molar-refractivity contribution in [3.8, 4) is 11.3 Å². The Kier molecular flexibility index (Phi) is 3.00. The van der Waals surface area contributed by atoms with E-state index < -0.39 is 0 Å². The summed E-state index contributed by atoms with van der Waals surface area (Å²) < 4.78 is 7.08. The molecule has 0 bridgehead atoms. The molecule has 0 atom stereocenters. The Morgan fingerprint density at radius 1 is 1.23 bits per heavy atom. The fourth-order valence-electron chi connectivity index (χ4n) is 2.74. The predicted molar refractivity (Wildman–Crippen MR) is 80.4 cm³/mol. The van der Waals surface area contributed by atoms with Crippen LogP contribution in [0.4, 0.5) is 5.69 Å². The van der Waals surface area contributed by atoms with E-state index in [0.717, 1.165) is 36.5 Å². The van der Waals surface area contributed by atoms with Crippen molar-refractivity contribution in [3.63, 3.8) is 0 Å². The maximum absolute atomic E-state index is 11.9. The molecule has 2 aromatic heterocycles. The summed E-state index contributed by atoms with van der Waals surface area (Å²) in [6, 6.07) is 9.24. The molecular weight excluding hydrogens is 280 g/mol. The number of fused-ring (bicyclic) bond motifs is 1. The summed E-state index contributed by atoms with van der Waals surface area (Å²) >= 11 is 0. The van der Waals surface area contributed by atoms with Gasteiger partial charge in [-0.25, -0.2) is 4.98 Å². The van der Waals surface area contributed by atoms with Gasteiger partial charge in [0.2, 0.25) is 5.76 Å². The monoisotopic (exact) mass is 294 g/mol. The first-order valence-electron chi connectivity index (χ1n) is 7.18. The number of aromatic nitrogens is 3. The quantitative estimate of drug-likeness (QED) is 0.806. The average Bonchev–Trinajstić information content (AvgIpc) is 3.26. The van der Waals surface area contributed by atoms with Crippen LogP contribution in [0.1, 0.15) is 22.8 Å². The number of nitrogens with one attached hydrogen (secondary N) is 1. The third kappa shape index (κ3) is 2.18. The van der Waals surface area contributed by atoms with Gasteiger partial charge in [0.05, 0.1) is 18.1 Å². The molecule has 1 aromatic carbocycles. The molecule has 1 aliphatic rings. The third-order valence-corrected chi connectivity index (χ3v) is 3.82. The van der Waals surface area contributed by atoms with Gasteiger partial charge in [-0.3, -0.25) is 4.79 Å². The number of anilines is 1. The molecule has 6 nitrogen and oxygen atoms in total. The van der Waals surface area contributed by atoms with Gasteiger partial charge in [-0.15, -0.1) is 0 Å². The van der Waals surface area contributed by atoms with E-state index in [1.807, 2.05) is 30.5 Å². The molecule has 0 spiro atoms. The Morgan fingerprint density at radius 3 is 2.86 bits per heavy atom. The van der Waals surface area contributed by atoms with Gasteiger partial charge in [0.1, 0.15) is 5.82 Å². The summed E-state index contributed by atoms with van der Waals surface area (Å²) in [5, 5.41) is 6.29. The first kappa shape index (κ1) is 12.8. The zero-order chi connectivity index (χ0) is 14.9. The molecule has 0 radical (unpaired) electrons. The van der Waals surface area contributed by atoms with E-state index in [2.05, 4.69) is 20.0 Å². The minimum Gasteiger partial charge on any atom is -0.351 e.